The third kappa shape index (κ3) is 10.2. The monoisotopic (exact) mass is 586 g/mol. The zero-order chi connectivity index (χ0) is 31.2. The van der Waals surface area contributed by atoms with E-state index in [1.807, 2.05) is 36.6 Å². The summed E-state index contributed by atoms with van der Waals surface area (Å²) >= 11 is 0. The number of carbonyl (C=O) groups excluding carboxylic acids is 1. The number of nitrogens with one attached hydrogen (secondary N) is 2. The summed E-state index contributed by atoms with van der Waals surface area (Å²) < 4.78 is 10.9. The largest absolute Gasteiger partial charge is 0.496 e. The van der Waals surface area contributed by atoms with Crippen molar-refractivity contribution in [2.24, 2.45) is 5.92 Å². The van der Waals surface area contributed by atoms with Crippen molar-refractivity contribution in [3.05, 3.63) is 114 Å². The Morgan fingerprint density at radius 1 is 1.19 bits per heavy atom. The smallest absolute Gasteiger partial charge is 0.357 e. The molecular weight excluding hydrogens is 536 g/mol. The fourth-order valence-electron chi connectivity index (χ4n) is 5.20. The molecule has 7 heteroatoms. The number of esters is 1. The lowest BCUT2D eigenvalue weighted by Gasteiger charge is -2.32. The maximum atomic E-state index is 12.8. The maximum absolute atomic E-state index is 12.8. The number of hydrogen-bond acceptors (Lipinski definition) is 7. The van der Waals surface area contributed by atoms with E-state index >= 15 is 0 Å². The minimum absolute atomic E-state index is 0.326. The molecule has 0 aromatic heterocycles. The lowest BCUT2D eigenvalue weighted by atomic mass is 10.0. The lowest BCUT2D eigenvalue weighted by Crippen LogP contribution is -2.42. The summed E-state index contributed by atoms with van der Waals surface area (Å²) in [7, 11) is 3.09. The first-order chi connectivity index (χ1) is 20.8. The zero-order valence-electron chi connectivity index (χ0n) is 26.7. The van der Waals surface area contributed by atoms with E-state index in [1.54, 1.807) is 12.0 Å². The fraction of sp³-hybridized carbons (Fsp3) is 0.417. The summed E-state index contributed by atoms with van der Waals surface area (Å²) in [5, 5.41) is 7.17. The van der Waals surface area contributed by atoms with Crippen LogP contribution >= 0.6 is 0 Å². The highest BCUT2D eigenvalue weighted by atomic mass is 16.5. The van der Waals surface area contributed by atoms with E-state index in [0.717, 1.165) is 56.8 Å². The molecule has 0 spiro atoms. The Labute approximate surface area is 259 Å². The number of nitrogens with zero attached hydrogens (tertiary/aromatic N) is 2. The molecule has 2 aliphatic rings. The lowest BCUT2D eigenvalue weighted by molar-refractivity contribution is -0.137. The Bertz CT molecular complexity index is 1260. The summed E-state index contributed by atoms with van der Waals surface area (Å²) in [4.78, 5) is 17.1. The van der Waals surface area contributed by atoms with Gasteiger partial charge in [-0.2, -0.15) is 0 Å². The van der Waals surface area contributed by atoms with Gasteiger partial charge in [-0.3, -0.25) is 4.90 Å². The molecule has 0 aliphatic carbocycles. The average molecular weight is 587 g/mol. The highest BCUT2D eigenvalue weighted by Crippen LogP contribution is 2.27. The van der Waals surface area contributed by atoms with Crippen LogP contribution in [0.15, 0.2) is 103 Å². The van der Waals surface area contributed by atoms with Crippen LogP contribution in [0.25, 0.3) is 0 Å². The number of rotatable bonds is 15. The van der Waals surface area contributed by atoms with Gasteiger partial charge in [0.15, 0.2) is 5.70 Å². The van der Waals surface area contributed by atoms with Crippen LogP contribution in [0, 0.1) is 5.92 Å². The third-order valence-electron chi connectivity index (χ3n) is 7.73. The van der Waals surface area contributed by atoms with E-state index < -0.39 is 5.97 Å². The molecule has 2 aliphatic heterocycles. The molecule has 0 amide bonds. The van der Waals surface area contributed by atoms with Gasteiger partial charge in [0.2, 0.25) is 0 Å². The molecular formula is C36H50N4O3. The summed E-state index contributed by atoms with van der Waals surface area (Å²) in [6, 6.07) is 6.97. The van der Waals surface area contributed by atoms with Crippen LogP contribution in [-0.4, -0.2) is 55.7 Å². The Hall–Kier alpha value is -3.81. The molecule has 1 aromatic carbocycles. The molecule has 0 atom stereocenters. The topological polar surface area (TPSA) is 66.1 Å². The first kappa shape index (κ1) is 33.7. The average Bonchev–Trinajstić information content (AvgIpc) is 3.01. The molecule has 1 fully saturated rings. The number of likely N-dealkylation sites (tertiary alicyclic amines) is 1. The van der Waals surface area contributed by atoms with Crippen molar-refractivity contribution in [2.45, 2.75) is 59.2 Å². The van der Waals surface area contributed by atoms with Gasteiger partial charge >= 0.3 is 5.97 Å². The molecule has 2 heterocycles. The Morgan fingerprint density at radius 2 is 1.95 bits per heavy atom. The highest BCUT2D eigenvalue weighted by Gasteiger charge is 2.25. The van der Waals surface area contributed by atoms with Crippen molar-refractivity contribution in [3.63, 3.8) is 0 Å². The third-order valence-corrected chi connectivity index (χ3v) is 7.73. The Balaban J connectivity index is 1.58. The van der Waals surface area contributed by atoms with Gasteiger partial charge < -0.3 is 25.0 Å². The van der Waals surface area contributed by atoms with Crippen molar-refractivity contribution in [1.82, 2.24) is 20.4 Å². The Kier molecular flexibility index (Phi) is 13.6. The second-order valence-corrected chi connectivity index (χ2v) is 11.2. The van der Waals surface area contributed by atoms with Crippen LogP contribution in [0.5, 0.6) is 5.75 Å². The molecule has 7 nitrogen and oxygen atoms in total. The zero-order valence-corrected chi connectivity index (χ0v) is 26.7. The van der Waals surface area contributed by atoms with Gasteiger partial charge in [0.1, 0.15) is 5.75 Å². The molecule has 0 unspecified atom stereocenters. The normalized spacial score (nSPS) is 17.0. The molecule has 43 heavy (non-hydrogen) atoms. The second-order valence-electron chi connectivity index (χ2n) is 11.2. The van der Waals surface area contributed by atoms with Crippen molar-refractivity contribution in [3.8, 4) is 5.75 Å². The number of benzene rings is 1. The van der Waals surface area contributed by atoms with Crippen molar-refractivity contribution < 1.29 is 14.3 Å². The summed E-state index contributed by atoms with van der Waals surface area (Å²) in [5.41, 5.74) is 5.35. The maximum Gasteiger partial charge on any atom is 0.357 e. The van der Waals surface area contributed by atoms with E-state index in [2.05, 4.69) is 79.8 Å². The molecule has 0 radical (unpaired) electrons. The van der Waals surface area contributed by atoms with E-state index in [-0.39, 0.29) is 0 Å². The predicted molar refractivity (Wildman–Crippen MR) is 177 cm³/mol. The van der Waals surface area contributed by atoms with Gasteiger partial charge in [0.05, 0.1) is 19.9 Å². The SMILES string of the molecule is C=C/C=C\C(=C/C)CCNC1CCN(Cc2ccc(CNC3=C(C(=O)OC)N(/C=C\C(C)C)C(=C)C=C3)c(OC)c2)CC1. The minimum Gasteiger partial charge on any atom is -0.496 e. The van der Waals surface area contributed by atoms with E-state index in [9.17, 15) is 4.79 Å². The van der Waals surface area contributed by atoms with Gasteiger partial charge in [0.25, 0.3) is 0 Å². The van der Waals surface area contributed by atoms with Crippen LogP contribution in [0.4, 0.5) is 0 Å². The first-order valence-electron chi connectivity index (χ1n) is 15.3. The van der Waals surface area contributed by atoms with E-state index in [0.29, 0.717) is 35.6 Å². The second kappa shape index (κ2) is 17.3. The Morgan fingerprint density at radius 3 is 2.60 bits per heavy atom. The molecule has 1 saturated heterocycles. The number of piperidine rings is 1. The van der Waals surface area contributed by atoms with Crippen LogP contribution in [0.2, 0.25) is 0 Å². The van der Waals surface area contributed by atoms with Crippen molar-refractivity contribution in [2.75, 3.05) is 33.9 Å². The summed E-state index contributed by atoms with van der Waals surface area (Å²) in [6.45, 7) is 18.6. The number of methoxy groups -OCH3 is 2. The number of hydrogen-bond donors (Lipinski definition) is 2. The summed E-state index contributed by atoms with van der Waals surface area (Å²) in [6.07, 6.45) is 19.1. The molecule has 0 bridgehead atoms. The van der Waals surface area contributed by atoms with Gasteiger partial charge in [-0.15, -0.1) is 0 Å². The van der Waals surface area contributed by atoms with Crippen LogP contribution in [0.1, 0.15) is 51.2 Å². The summed E-state index contributed by atoms with van der Waals surface area (Å²) in [5.74, 6) is 0.727. The first-order valence-corrected chi connectivity index (χ1v) is 15.3. The molecule has 1 aromatic rings. The van der Waals surface area contributed by atoms with Gasteiger partial charge in [-0.05, 0) is 75.5 Å². The number of ether oxygens (including phenoxy) is 2. The van der Waals surface area contributed by atoms with Crippen molar-refractivity contribution >= 4 is 5.97 Å². The van der Waals surface area contributed by atoms with Gasteiger partial charge in [-0.1, -0.05) is 75.1 Å². The molecule has 2 N–H and O–H groups in total. The van der Waals surface area contributed by atoms with Gasteiger partial charge in [0, 0.05) is 36.6 Å². The fourth-order valence-corrected chi connectivity index (χ4v) is 5.20. The standard InChI is InChI=1S/C36H50N4O3/c1-8-10-11-29(9-2)16-20-37-32-18-21-39(22-19-32)26-30-13-14-31(34(24-30)42-6)25-38-33-15-12-28(5)40(23-17-27(3)4)35(33)36(41)43-7/h8-15,17,23-24,27,32,37-38H,1,5,16,18-22,25-26H2,2-4,6-7H3/b11-10-,23-17-,29-9+. The number of allylic oxidation sites excluding steroid dienone is 7. The van der Waals surface area contributed by atoms with Crippen LogP contribution < -0.4 is 15.4 Å². The van der Waals surface area contributed by atoms with Crippen LogP contribution in [-0.2, 0) is 22.6 Å². The molecule has 232 valence electrons. The molecule has 3 rings (SSSR count). The predicted octanol–water partition coefficient (Wildman–Crippen LogP) is 6.36. The quantitative estimate of drug-likeness (QED) is 0.183. The van der Waals surface area contributed by atoms with Crippen molar-refractivity contribution in [1.29, 1.82) is 0 Å². The number of carbonyl (C=O) groups is 1. The van der Waals surface area contributed by atoms with E-state index in [4.69, 9.17) is 9.47 Å². The minimum atomic E-state index is -0.425. The van der Waals surface area contributed by atoms with Gasteiger partial charge in [-0.25, -0.2) is 4.79 Å². The molecule has 0 saturated carbocycles. The van der Waals surface area contributed by atoms with Crippen LogP contribution in [0.3, 0.4) is 0 Å². The van der Waals surface area contributed by atoms with E-state index in [1.165, 1.54) is 18.2 Å². The highest BCUT2D eigenvalue weighted by molar-refractivity contribution is 5.90.